The molecule has 2 nitrogen and oxygen atoms in total. The van der Waals surface area contributed by atoms with Crippen molar-refractivity contribution < 1.29 is 9.13 Å². The van der Waals surface area contributed by atoms with E-state index in [9.17, 15) is 4.39 Å². The quantitative estimate of drug-likeness (QED) is 0.777. The number of halogens is 2. The maximum Gasteiger partial charge on any atom is 0.146 e. The molecule has 1 saturated heterocycles. The summed E-state index contributed by atoms with van der Waals surface area (Å²) in [6.07, 6.45) is 1.11. The topological polar surface area (TPSA) is 12.5 Å². The van der Waals surface area contributed by atoms with Gasteiger partial charge in [-0.1, -0.05) is 22.0 Å². The lowest BCUT2D eigenvalue weighted by Gasteiger charge is -2.25. The molecule has 1 heterocycles. The Kier molecular flexibility index (Phi) is 4.40. The fourth-order valence-corrected chi connectivity index (χ4v) is 2.45. The fraction of sp³-hybridized carbons (Fsp3) is 0.538. The number of rotatable bonds is 2. The van der Waals surface area contributed by atoms with Crippen LogP contribution in [0.5, 0.6) is 0 Å². The Labute approximate surface area is 110 Å². The van der Waals surface area contributed by atoms with Crippen LogP contribution in [-0.2, 0) is 10.1 Å². The van der Waals surface area contributed by atoms with E-state index in [4.69, 9.17) is 4.74 Å². The Balaban J connectivity index is 2.20. The summed E-state index contributed by atoms with van der Waals surface area (Å²) in [7, 11) is 0. The molecule has 2 rings (SSSR count). The van der Waals surface area contributed by atoms with E-state index in [0.717, 1.165) is 31.7 Å². The van der Waals surface area contributed by atoms with E-state index in [0.29, 0.717) is 11.0 Å². The third kappa shape index (κ3) is 3.19. The predicted octanol–water partition coefficient (Wildman–Crippen LogP) is 3.34. The van der Waals surface area contributed by atoms with Gasteiger partial charge in [0.15, 0.2) is 0 Å². The Morgan fingerprint density at radius 3 is 3.06 bits per heavy atom. The molecule has 4 heteroatoms. The number of ether oxygens (including phenoxy) is 1. The van der Waals surface area contributed by atoms with Crippen molar-refractivity contribution in [2.24, 2.45) is 0 Å². The van der Waals surface area contributed by atoms with Crippen molar-refractivity contribution in [3.05, 3.63) is 29.6 Å². The van der Waals surface area contributed by atoms with Gasteiger partial charge in [-0.15, -0.1) is 0 Å². The maximum atomic E-state index is 14.0. The molecule has 0 radical (unpaired) electrons. The van der Waals surface area contributed by atoms with E-state index in [1.807, 2.05) is 19.1 Å². The van der Waals surface area contributed by atoms with Crippen LogP contribution in [0.15, 0.2) is 18.2 Å². The summed E-state index contributed by atoms with van der Waals surface area (Å²) >= 11 is 3.33. The minimum absolute atomic E-state index is 0.143. The number of anilines is 1. The van der Waals surface area contributed by atoms with Gasteiger partial charge in [0.2, 0.25) is 0 Å². The first-order chi connectivity index (χ1) is 8.20. The lowest BCUT2D eigenvalue weighted by atomic mass is 10.2. The minimum Gasteiger partial charge on any atom is -0.377 e. The van der Waals surface area contributed by atoms with E-state index < -0.39 is 0 Å². The van der Waals surface area contributed by atoms with Gasteiger partial charge in [-0.05, 0) is 31.0 Å². The van der Waals surface area contributed by atoms with Gasteiger partial charge < -0.3 is 9.64 Å². The molecule has 1 aromatic carbocycles. The molecule has 0 N–H and O–H groups in total. The normalized spacial score (nSPS) is 21.4. The standard InChI is InChI=1S/C13H17BrFNO/c1-10-9-16(5-2-6-17-10)13-4-3-11(8-14)7-12(13)15/h3-4,7,10H,2,5-6,8-9H2,1H3. The molecule has 0 amide bonds. The summed E-state index contributed by atoms with van der Waals surface area (Å²) in [5.74, 6) is -0.143. The molecule has 1 aliphatic heterocycles. The average molecular weight is 302 g/mol. The number of hydrogen-bond acceptors (Lipinski definition) is 2. The van der Waals surface area contributed by atoms with Crippen molar-refractivity contribution in [2.45, 2.75) is 24.8 Å². The zero-order valence-electron chi connectivity index (χ0n) is 9.96. The highest BCUT2D eigenvalue weighted by Gasteiger charge is 2.18. The van der Waals surface area contributed by atoms with Gasteiger partial charge >= 0.3 is 0 Å². The highest BCUT2D eigenvalue weighted by Crippen LogP contribution is 2.23. The van der Waals surface area contributed by atoms with Crippen molar-refractivity contribution in [2.75, 3.05) is 24.6 Å². The van der Waals surface area contributed by atoms with E-state index >= 15 is 0 Å². The lowest BCUT2D eigenvalue weighted by Crippen LogP contribution is -2.30. The number of nitrogens with zero attached hydrogens (tertiary/aromatic N) is 1. The SMILES string of the molecule is CC1CN(c2ccc(CBr)cc2F)CCCO1. The van der Waals surface area contributed by atoms with Crippen molar-refractivity contribution >= 4 is 21.6 Å². The molecule has 1 aromatic rings. The van der Waals surface area contributed by atoms with Crippen LogP contribution in [0.2, 0.25) is 0 Å². The summed E-state index contributed by atoms with van der Waals surface area (Å²) in [6.45, 7) is 4.40. The second-order valence-electron chi connectivity index (χ2n) is 4.40. The minimum atomic E-state index is -0.143. The Morgan fingerprint density at radius 2 is 2.35 bits per heavy atom. The third-order valence-corrected chi connectivity index (χ3v) is 3.61. The highest BCUT2D eigenvalue weighted by atomic mass is 79.9. The molecular weight excluding hydrogens is 285 g/mol. The zero-order chi connectivity index (χ0) is 12.3. The van der Waals surface area contributed by atoms with Crippen LogP contribution in [0.3, 0.4) is 0 Å². The van der Waals surface area contributed by atoms with Crippen molar-refractivity contribution in [3.8, 4) is 0 Å². The second-order valence-corrected chi connectivity index (χ2v) is 4.96. The molecule has 1 unspecified atom stereocenters. The van der Waals surface area contributed by atoms with Gasteiger partial charge in [-0.2, -0.15) is 0 Å². The van der Waals surface area contributed by atoms with Crippen LogP contribution >= 0.6 is 15.9 Å². The average Bonchev–Trinajstić information content (AvgIpc) is 2.53. The Morgan fingerprint density at radius 1 is 1.53 bits per heavy atom. The third-order valence-electron chi connectivity index (χ3n) is 2.96. The molecule has 1 aliphatic rings. The van der Waals surface area contributed by atoms with Gasteiger partial charge in [-0.25, -0.2) is 4.39 Å². The van der Waals surface area contributed by atoms with Crippen LogP contribution < -0.4 is 4.90 Å². The van der Waals surface area contributed by atoms with Gasteiger partial charge in [0.05, 0.1) is 11.8 Å². The maximum absolute atomic E-state index is 14.0. The molecule has 94 valence electrons. The van der Waals surface area contributed by atoms with Crippen LogP contribution in [0.4, 0.5) is 10.1 Å². The smallest absolute Gasteiger partial charge is 0.146 e. The van der Waals surface area contributed by atoms with Crippen LogP contribution in [-0.4, -0.2) is 25.8 Å². The monoisotopic (exact) mass is 301 g/mol. The molecule has 17 heavy (non-hydrogen) atoms. The molecule has 0 aromatic heterocycles. The van der Waals surface area contributed by atoms with Gasteiger partial charge in [0.1, 0.15) is 5.82 Å². The predicted molar refractivity (Wildman–Crippen MR) is 71.3 cm³/mol. The molecule has 0 spiro atoms. The van der Waals surface area contributed by atoms with Crippen molar-refractivity contribution in [1.29, 1.82) is 0 Å². The summed E-state index contributed by atoms with van der Waals surface area (Å²) < 4.78 is 19.5. The summed E-state index contributed by atoms with van der Waals surface area (Å²) in [5, 5.41) is 0.684. The Bertz CT molecular complexity index is 386. The molecule has 1 fully saturated rings. The van der Waals surface area contributed by atoms with E-state index in [-0.39, 0.29) is 11.9 Å². The van der Waals surface area contributed by atoms with E-state index in [2.05, 4.69) is 20.8 Å². The number of alkyl halides is 1. The van der Waals surface area contributed by atoms with Crippen molar-refractivity contribution in [1.82, 2.24) is 0 Å². The van der Waals surface area contributed by atoms with Crippen LogP contribution in [0.25, 0.3) is 0 Å². The molecule has 0 bridgehead atoms. The summed E-state index contributed by atoms with van der Waals surface area (Å²) in [5.41, 5.74) is 1.65. The molecule has 1 atom stereocenters. The summed E-state index contributed by atoms with van der Waals surface area (Å²) in [4.78, 5) is 2.07. The molecule has 0 saturated carbocycles. The second kappa shape index (κ2) is 5.83. The fourth-order valence-electron chi connectivity index (χ4n) is 2.10. The molecule has 0 aliphatic carbocycles. The van der Waals surface area contributed by atoms with Crippen molar-refractivity contribution in [3.63, 3.8) is 0 Å². The first kappa shape index (κ1) is 12.8. The van der Waals surface area contributed by atoms with Crippen LogP contribution in [0, 0.1) is 5.82 Å². The lowest BCUT2D eigenvalue weighted by molar-refractivity contribution is 0.0820. The first-order valence-electron chi connectivity index (χ1n) is 5.91. The molecular formula is C13H17BrFNO. The van der Waals surface area contributed by atoms with Crippen LogP contribution in [0.1, 0.15) is 18.9 Å². The van der Waals surface area contributed by atoms with Gasteiger partial charge in [0, 0.05) is 25.0 Å². The first-order valence-corrected chi connectivity index (χ1v) is 7.04. The zero-order valence-corrected chi connectivity index (χ0v) is 11.5. The Hall–Kier alpha value is -0.610. The van der Waals surface area contributed by atoms with E-state index in [1.54, 1.807) is 6.07 Å². The summed E-state index contributed by atoms with van der Waals surface area (Å²) in [6, 6.07) is 5.42. The largest absolute Gasteiger partial charge is 0.377 e. The highest BCUT2D eigenvalue weighted by molar-refractivity contribution is 9.08. The van der Waals surface area contributed by atoms with Gasteiger partial charge in [-0.3, -0.25) is 0 Å². The number of hydrogen-bond donors (Lipinski definition) is 0. The van der Waals surface area contributed by atoms with Gasteiger partial charge in [0.25, 0.3) is 0 Å². The number of benzene rings is 1. The van der Waals surface area contributed by atoms with E-state index in [1.165, 1.54) is 0 Å².